The van der Waals surface area contributed by atoms with Crippen molar-refractivity contribution in [2.45, 2.75) is 12.5 Å². The summed E-state index contributed by atoms with van der Waals surface area (Å²) in [6, 6.07) is 16.0. The number of nitrogens with zero attached hydrogens (tertiary/aromatic N) is 3. The van der Waals surface area contributed by atoms with Gasteiger partial charge in [-0.15, -0.1) is 0 Å². The van der Waals surface area contributed by atoms with Crippen molar-refractivity contribution in [3.63, 3.8) is 0 Å². The second-order valence-electron chi connectivity index (χ2n) is 8.82. The van der Waals surface area contributed by atoms with E-state index < -0.39 is 29.5 Å². The summed E-state index contributed by atoms with van der Waals surface area (Å²) in [5, 5.41) is 5.77. The lowest BCUT2D eigenvalue weighted by atomic mass is 9.97. The minimum Gasteiger partial charge on any atom is -0.497 e. The van der Waals surface area contributed by atoms with Crippen LogP contribution in [0.1, 0.15) is 33.9 Å². The lowest BCUT2D eigenvalue weighted by Gasteiger charge is -2.28. The maximum atomic E-state index is 14.7. The predicted molar refractivity (Wildman–Crippen MR) is 141 cm³/mol. The highest BCUT2D eigenvalue weighted by Gasteiger charge is 2.37. The minimum atomic E-state index is -0.661. The summed E-state index contributed by atoms with van der Waals surface area (Å²) in [5.41, 5.74) is 1.35. The molecule has 8 nitrogen and oxygen atoms in total. The minimum absolute atomic E-state index is 0.0858. The first-order valence-electron chi connectivity index (χ1n) is 12.3. The van der Waals surface area contributed by atoms with Crippen molar-refractivity contribution < 1.29 is 32.6 Å². The lowest BCUT2D eigenvalue weighted by molar-refractivity contribution is -0.133. The summed E-state index contributed by atoms with van der Waals surface area (Å²) in [6.45, 7) is -0.122. The molecule has 3 aromatic carbocycles. The Labute approximate surface area is 225 Å². The smallest absolute Gasteiger partial charge is 0.262 e. The quantitative estimate of drug-likeness (QED) is 0.382. The van der Waals surface area contributed by atoms with Gasteiger partial charge in [-0.25, -0.2) is 13.8 Å². The Morgan fingerprint density at radius 1 is 1.00 bits per heavy atom. The number of amides is 2. The van der Waals surface area contributed by atoms with E-state index in [0.29, 0.717) is 22.8 Å². The fourth-order valence-corrected chi connectivity index (χ4v) is 4.43. The molecule has 1 atom stereocenters. The second-order valence-corrected chi connectivity index (χ2v) is 8.82. The molecule has 1 heterocycles. The first kappa shape index (κ1) is 27.7. The van der Waals surface area contributed by atoms with Gasteiger partial charge in [0.05, 0.1) is 32.6 Å². The van der Waals surface area contributed by atoms with E-state index in [9.17, 15) is 18.4 Å². The fourth-order valence-electron chi connectivity index (χ4n) is 4.43. The van der Waals surface area contributed by atoms with Gasteiger partial charge >= 0.3 is 0 Å². The van der Waals surface area contributed by atoms with Gasteiger partial charge in [0.1, 0.15) is 29.7 Å². The van der Waals surface area contributed by atoms with Gasteiger partial charge in [0.25, 0.3) is 11.8 Å². The summed E-state index contributed by atoms with van der Waals surface area (Å²) in [4.78, 5) is 28.3. The van der Waals surface area contributed by atoms with E-state index in [1.165, 1.54) is 55.5 Å². The number of hydrogen-bond acceptors (Lipinski definition) is 6. The van der Waals surface area contributed by atoms with Crippen LogP contribution in [-0.4, -0.2) is 68.5 Å². The monoisotopic (exact) mass is 537 g/mol. The molecule has 2 amide bonds. The van der Waals surface area contributed by atoms with Crippen molar-refractivity contribution in [3.05, 3.63) is 95.1 Å². The summed E-state index contributed by atoms with van der Waals surface area (Å²) in [5.74, 6) is -1.05. The summed E-state index contributed by atoms with van der Waals surface area (Å²) in [6.07, 6.45) is 0.201. The molecule has 0 saturated carbocycles. The fraction of sp³-hybridized carbons (Fsp3) is 0.276. The zero-order valence-electron chi connectivity index (χ0n) is 21.9. The molecule has 10 heteroatoms. The van der Waals surface area contributed by atoms with E-state index in [4.69, 9.17) is 14.2 Å². The molecule has 0 aliphatic carbocycles. The molecule has 39 heavy (non-hydrogen) atoms. The Morgan fingerprint density at radius 3 is 2.49 bits per heavy atom. The topological polar surface area (TPSA) is 80.7 Å². The van der Waals surface area contributed by atoms with Gasteiger partial charge in [-0.1, -0.05) is 24.3 Å². The molecule has 1 aliphatic heterocycles. The third-order valence-electron chi connectivity index (χ3n) is 6.40. The Bertz CT molecular complexity index is 1380. The predicted octanol–water partition coefficient (Wildman–Crippen LogP) is 4.45. The van der Waals surface area contributed by atoms with Crippen molar-refractivity contribution in [1.29, 1.82) is 0 Å². The number of rotatable bonds is 10. The van der Waals surface area contributed by atoms with Gasteiger partial charge in [-0.05, 0) is 42.5 Å². The molecule has 0 saturated heterocycles. The van der Waals surface area contributed by atoms with Crippen molar-refractivity contribution in [2.75, 3.05) is 41.0 Å². The van der Waals surface area contributed by atoms with E-state index in [0.717, 1.165) is 6.07 Å². The van der Waals surface area contributed by atoms with Crippen LogP contribution in [0.15, 0.2) is 71.8 Å². The van der Waals surface area contributed by atoms with Crippen molar-refractivity contribution >= 4 is 17.5 Å². The normalized spacial score (nSPS) is 14.6. The molecule has 0 N–H and O–H groups in total. The molecule has 0 fully saturated rings. The van der Waals surface area contributed by atoms with Crippen LogP contribution in [-0.2, 0) is 9.53 Å². The van der Waals surface area contributed by atoms with Crippen molar-refractivity contribution in [1.82, 2.24) is 9.91 Å². The van der Waals surface area contributed by atoms with Crippen LogP contribution >= 0.6 is 0 Å². The molecule has 0 bridgehead atoms. The number of benzene rings is 3. The summed E-state index contributed by atoms with van der Waals surface area (Å²) >= 11 is 0. The lowest BCUT2D eigenvalue weighted by Crippen LogP contribution is -2.42. The van der Waals surface area contributed by atoms with Crippen LogP contribution in [0, 0.1) is 11.6 Å². The van der Waals surface area contributed by atoms with Crippen LogP contribution in [0.2, 0.25) is 0 Å². The molecule has 0 spiro atoms. The molecular weight excluding hydrogens is 508 g/mol. The third-order valence-corrected chi connectivity index (χ3v) is 6.40. The number of halogens is 2. The molecule has 0 radical (unpaired) electrons. The van der Waals surface area contributed by atoms with Crippen LogP contribution < -0.4 is 9.47 Å². The van der Waals surface area contributed by atoms with Gasteiger partial charge in [-0.2, -0.15) is 5.10 Å². The SMILES string of the molecule is COCCN(CC(=O)N1N=C(c2ccccc2F)C[C@H]1c1cc(OC)ccc1OC)C(=O)c1cccc(F)c1. The zero-order chi connectivity index (χ0) is 27.9. The van der Waals surface area contributed by atoms with Gasteiger partial charge in [-0.3, -0.25) is 9.59 Å². The number of hydrogen-bond donors (Lipinski definition) is 0. The molecular formula is C29H29F2N3O5. The maximum Gasteiger partial charge on any atom is 0.262 e. The van der Waals surface area contributed by atoms with Crippen molar-refractivity contribution in [2.24, 2.45) is 5.10 Å². The third kappa shape index (κ3) is 6.23. The number of hydrazone groups is 1. The number of methoxy groups -OCH3 is 3. The van der Waals surface area contributed by atoms with Gasteiger partial charge < -0.3 is 19.1 Å². The Balaban J connectivity index is 1.71. The molecule has 0 aromatic heterocycles. The van der Waals surface area contributed by atoms with E-state index in [2.05, 4.69) is 5.10 Å². The molecule has 204 valence electrons. The molecule has 4 rings (SSSR count). The number of carbonyl (C=O) groups excluding carboxylic acids is 2. The highest BCUT2D eigenvalue weighted by molar-refractivity contribution is 6.04. The highest BCUT2D eigenvalue weighted by atomic mass is 19.1. The maximum absolute atomic E-state index is 14.7. The van der Waals surface area contributed by atoms with Crippen LogP contribution in [0.3, 0.4) is 0 Å². The first-order valence-corrected chi connectivity index (χ1v) is 12.3. The number of ether oxygens (including phenoxy) is 3. The van der Waals surface area contributed by atoms with Crippen LogP contribution in [0.25, 0.3) is 0 Å². The summed E-state index contributed by atoms with van der Waals surface area (Å²) in [7, 11) is 4.51. The zero-order valence-corrected chi connectivity index (χ0v) is 21.9. The van der Waals surface area contributed by atoms with E-state index >= 15 is 0 Å². The Kier molecular flexibility index (Phi) is 8.88. The average Bonchev–Trinajstić information content (AvgIpc) is 3.40. The van der Waals surface area contributed by atoms with E-state index in [-0.39, 0.29) is 37.2 Å². The second kappa shape index (κ2) is 12.5. The molecule has 1 aliphatic rings. The largest absolute Gasteiger partial charge is 0.497 e. The van der Waals surface area contributed by atoms with Crippen molar-refractivity contribution in [3.8, 4) is 11.5 Å². The van der Waals surface area contributed by atoms with Gasteiger partial charge in [0.15, 0.2) is 0 Å². The Hall–Kier alpha value is -4.31. The molecule has 3 aromatic rings. The highest BCUT2D eigenvalue weighted by Crippen LogP contribution is 2.39. The van der Waals surface area contributed by atoms with Gasteiger partial charge in [0.2, 0.25) is 0 Å². The standard InChI is InChI=1S/C29H29F2N3O5/c1-37-14-13-33(29(36)19-7-6-8-20(30)15-19)18-28(35)34-26(23-16-21(38-2)11-12-27(23)39-3)17-25(32-34)22-9-4-5-10-24(22)31/h4-12,15-16,26H,13-14,17-18H2,1-3H3/t26-/m0/s1. The summed E-state index contributed by atoms with van der Waals surface area (Å²) < 4.78 is 44.6. The van der Waals surface area contributed by atoms with Crippen LogP contribution in [0.5, 0.6) is 11.5 Å². The Morgan fingerprint density at radius 2 is 1.79 bits per heavy atom. The number of carbonyl (C=O) groups is 2. The first-order chi connectivity index (χ1) is 18.9. The van der Waals surface area contributed by atoms with E-state index in [1.54, 1.807) is 36.4 Å². The average molecular weight is 538 g/mol. The van der Waals surface area contributed by atoms with Gasteiger partial charge in [0, 0.05) is 36.8 Å². The van der Waals surface area contributed by atoms with Crippen LogP contribution in [0.4, 0.5) is 8.78 Å². The molecule has 0 unspecified atom stereocenters. The van der Waals surface area contributed by atoms with E-state index in [1.807, 2.05) is 0 Å².